The van der Waals surface area contributed by atoms with Gasteiger partial charge in [-0.05, 0) is 24.6 Å². The molecule has 0 aliphatic rings. The summed E-state index contributed by atoms with van der Waals surface area (Å²) in [7, 11) is 0. The number of fused-ring (bicyclic) bond motifs is 1. The molecule has 1 nitrogen and oxygen atoms in total. The summed E-state index contributed by atoms with van der Waals surface area (Å²) in [4.78, 5) is 4.22. The molecule has 0 bridgehead atoms. The monoisotopic (exact) mass is 148 g/mol. The summed E-state index contributed by atoms with van der Waals surface area (Å²) in [6.07, 6.45) is 1.82. The first-order valence-corrected chi connectivity index (χ1v) is 3.91. The topological polar surface area (TPSA) is 12.9 Å². The molecule has 0 N–H and O–H groups in total. The fraction of sp³-hybridized carbons (Fsp3) is 0.125. The van der Waals surface area contributed by atoms with Gasteiger partial charge in [0.15, 0.2) is 0 Å². The number of hydrogen-bond donors (Lipinski definition) is 0. The van der Waals surface area contributed by atoms with Crippen LogP contribution in [0.4, 0.5) is 0 Å². The lowest BCUT2D eigenvalue weighted by atomic mass is 10.3. The zero-order chi connectivity index (χ0) is 6.97. The fourth-order valence-electron chi connectivity index (χ4n) is 0.934. The minimum atomic E-state index is 1.09. The van der Waals surface area contributed by atoms with Gasteiger partial charge in [-0.15, -0.1) is 11.3 Å². The van der Waals surface area contributed by atoms with Crippen molar-refractivity contribution < 1.29 is 0 Å². The highest BCUT2D eigenvalue weighted by Crippen LogP contribution is 2.21. The van der Waals surface area contributed by atoms with Crippen molar-refractivity contribution in [1.82, 2.24) is 4.98 Å². The minimum Gasteiger partial charge on any atom is -0.255 e. The molecule has 0 saturated heterocycles. The highest BCUT2D eigenvalue weighted by molar-refractivity contribution is 7.16. The molecule has 2 aromatic rings. The van der Waals surface area contributed by atoms with E-state index in [-0.39, 0.29) is 0 Å². The number of hydrogen-bond acceptors (Lipinski definition) is 2. The van der Waals surface area contributed by atoms with Gasteiger partial charge in [-0.3, -0.25) is 4.98 Å². The summed E-state index contributed by atoms with van der Waals surface area (Å²) in [6.45, 7) is 2.03. The molecule has 2 rings (SSSR count). The van der Waals surface area contributed by atoms with Crippen molar-refractivity contribution >= 4 is 21.6 Å². The largest absolute Gasteiger partial charge is 0.255 e. The number of aromatic nitrogens is 1. The molecule has 0 atom stereocenters. The lowest BCUT2D eigenvalue weighted by molar-refractivity contribution is 1.39. The van der Waals surface area contributed by atoms with Crippen LogP contribution in [0.25, 0.3) is 10.2 Å². The summed E-state index contributed by atoms with van der Waals surface area (Å²) < 4.78 is 1.22. The van der Waals surface area contributed by atoms with E-state index >= 15 is 0 Å². The molecular formula is C8H6NS. The third-order valence-electron chi connectivity index (χ3n) is 1.44. The van der Waals surface area contributed by atoms with Crippen LogP contribution in [0, 0.1) is 12.3 Å². The number of rotatable bonds is 0. The van der Waals surface area contributed by atoms with Crippen LogP contribution in [0.15, 0.2) is 18.3 Å². The van der Waals surface area contributed by atoms with E-state index in [2.05, 4.69) is 16.4 Å². The van der Waals surface area contributed by atoms with E-state index in [1.165, 1.54) is 4.70 Å². The van der Waals surface area contributed by atoms with Crippen molar-refractivity contribution in [2.75, 3.05) is 0 Å². The minimum absolute atomic E-state index is 1.09. The van der Waals surface area contributed by atoms with E-state index < -0.39 is 0 Å². The second-order valence-electron chi connectivity index (χ2n) is 2.18. The van der Waals surface area contributed by atoms with E-state index in [0.29, 0.717) is 0 Å². The molecule has 0 aliphatic heterocycles. The first kappa shape index (κ1) is 5.86. The predicted molar refractivity (Wildman–Crippen MR) is 43.2 cm³/mol. The maximum atomic E-state index is 4.22. The average molecular weight is 148 g/mol. The second-order valence-corrected chi connectivity index (χ2v) is 3.03. The van der Waals surface area contributed by atoms with Gasteiger partial charge in [0, 0.05) is 6.20 Å². The van der Waals surface area contributed by atoms with Gasteiger partial charge >= 0.3 is 0 Å². The molecule has 10 heavy (non-hydrogen) atoms. The molecule has 0 saturated carbocycles. The summed E-state index contributed by atoms with van der Waals surface area (Å²) in [5, 5.41) is 3.16. The normalized spacial score (nSPS) is 10.5. The predicted octanol–water partition coefficient (Wildman–Crippen LogP) is 2.40. The molecule has 2 heterocycles. The Hall–Kier alpha value is -0.890. The van der Waals surface area contributed by atoms with Crippen LogP contribution in [-0.2, 0) is 0 Å². The van der Waals surface area contributed by atoms with E-state index in [1.54, 1.807) is 11.3 Å². The summed E-state index contributed by atoms with van der Waals surface area (Å²) in [6, 6.07) is 4.02. The zero-order valence-corrected chi connectivity index (χ0v) is 6.40. The molecule has 0 aliphatic carbocycles. The summed E-state index contributed by atoms with van der Waals surface area (Å²) in [5.41, 5.74) is 2.24. The van der Waals surface area contributed by atoms with Crippen molar-refractivity contribution in [1.29, 1.82) is 0 Å². The van der Waals surface area contributed by atoms with E-state index in [0.717, 1.165) is 11.1 Å². The number of pyridine rings is 1. The standard InChI is InChI=1S/C8H6NS/c1-6-5-10-7-3-2-4-9-8(6)7/h2-4H,1H3. The molecule has 0 spiro atoms. The first-order chi connectivity index (χ1) is 4.88. The second kappa shape index (κ2) is 2.06. The Labute approximate surface area is 63.3 Å². The highest BCUT2D eigenvalue weighted by atomic mass is 32.1. The molecule has 0 unspecified atom stereocenters. The maximum Gasteiger partial charge on any atom is 0.0845 e. The Balaban J connectivity index is 2.93. The lowest BCUT2D eigenvalue weighted by Gasteiger charge is -1.85. The third kappa shape index (κ3) is 0.727. The van der Waals surface area contributed by atoms with Crippen molar-refractivity contribution in [2.24, 2.45) is 0 Å². The number of thiophene rings is 1. The van der Waals surface area contributed by atoms with Crippen molar-refractivity contribution in [3.8, 4) is 0 Å². The molecule has 0 amide bonds. The Bertz CT molecular complexity index is 351. The Kier molecular flexibility index (Phi) is 1.21. The fourth-order valence-corrected chi connectivity index (χ4v) is 1.74. The van der Waals surface area contributed by atoms with Crippen LogP contribution in [0.3, 0.4) is 0 Å². The van der Waals surface area contributed by atoms with Gasteiger partial charge in [0.25, 0.3) is 0 Å². The summed E-state index contributed by atoms with van der Waals surface area (Å²) >= 11 is 1.63. The molecule has 0 fully saturated rings. The average Bonchev–Trinajstić information content (AvgIpc) is 2.34. The van der Waals surface area contributed by atoms with Crippen LogP contribution in [0.1, 0.15) is 5.56 Å². The Morgan fingerprint density at radius 3 is 3.30 bits per heavy atom. The van der Waals surface area contributed by atoms with Gasteiger partial charge in [0.05, 0.1) is 15.6 Å². The van der Waals surface area contributed by atoms with Crippen LogP contribution >= 0.6 is 11.3 Å². The quantitative estimate of drug-likeness (QED) is 0.559. The lowest BCUT2D eigenvalue weighted by Crippen LogP contribution is -1.71. The van der Waals surface area contributed by atoms with E-state index in [1.807, 2.05) is 19.2 Å². The van der Waals surface area contributed by atoms with Crippen LogP contribution in [-0.4, -0.2) is 4.98 Å². The van der Waals surface area contributed by atoms with Crippen molar-refractivity contribution in [2.45, 2.75) is 6.92 Å². The van der Waals surface area contributed by atoms with Gasteiger partial charge in [0.2, 0.25) is 0 Å². The van der Waals surface area contributed by atoms with E-state index in [9.17, 15) is 0 Å². The molecule has 49 valence electrons. The first-order valence-electron chi connectivity index (χ1n) is 3.10. The van der Waals surface area contributed by atoms with Crippen LogP contribution in [0.2, 0.25) is 0 Å². The summed E-state index contributed by atoms with van der Waals surface area (Å²) in [5.74, 6) is 0. The van der Waals surface area contributed by atoms with Gasteiger partial charge in [-0.25, -0.2) is 0 Å². The van der Waals surface area contributed by atoms with Crippen molar-refractivity contribution in [3.05, 3.63) is 29.3 Å². The maximum absolute atomic E-state index is 4.22. The third-order valence-corrected chi connectivity index (χ3v) is 2.40. The van der Waals surface area contributed by atoms with Gasteiger partial charge < -0.3 is 0 Å². The van der Waals surface area contributed by atoms with Crippen LogP contribution < -0.4 is 0 Å². The van der Waals surface area contributed by atoms with Gasteiger partial charge in [0.1, 0.15) is 0 Å². The zero-order valence-electron chi connectivity index (χ0n) is 5.59. The van der Waals surface area contributed by atoms with E-state index in [4.69, 9.17) is 0 Å². The van der Waals surface area contributed by atoms with Gasteiger partial charge in [-0.2, -0.15) is 0 Å². The number of aryl methyl sites for hydroxylation is 1. The van der Waals surface area contributed by atoms with Crippen molar-refractivity contribution in [3.63, 3.8) is 0 Å². The Morgan fingerprint density at radius 1 is 1.60 bits per heavy atom. The number of nitrogens with zero attached hydrogens (tertiary/aromatic N) is 1. The SMILES string of the molecule is Cc1[c]sc2cccnc12. The molecule has 2 heteroatoms. The molecule has 2 aromatic heterocycles. The Morgan fingerprint density at radius 2 is 2.50 bits per heavy atom. The van der Waals surface area contributed by atoms with Crippen LogP contribution in [0.5, 0.6) is 0 Å². The van der Waals surface area contributed by atoms with Gasteiger partial charge in [-0.1, -0.05) is 0 Å². The molecular weight excluding hydrogens is 142 g/mol. The molecule has 1 radical (unpaired) electrons. The highest BCUT2D eigenvalue weighted by Gasteiger charge is 1.97. The smallest absolute Gasteiger partial charge is 0.0845 e. The molecule has 0 aromatic carbocycles.